The second kappa shape index (κ2) is 5.23. The fourth-order valence-corrected chi connectivity index (χ4v) is 4.76. The van der Waals surface area contributed by atoms with E-state index in [1.807, 2.05) is 0 Å². The van der Waals surface area contributed by atoms with Gasteiger partial charge in [-0.2, -0.15) is 0 Å². The molecule has 1 aliphatic carbocycles. The first-order valence-corrected chi connectivity index (χ1v) is 8.49. The van der Waals surface area contributed by atoms with Gasteiger partial charge in [0.25, 0.3) is 0 Å². The Morgan fingerprint density at radius 2 is 2.05 bits per heavy atom. The van der Waals surface area contributed by atoms with E-state index >= 15 is 0 Å². The number of anilines is 1. The van der Waals surface area contributed by atoms with E-state index in [-0.39, 0.29) is 0 Å². The molecule has 0 bridgehead atoms. The number of hydrogen-bond donors (Lipinski definition) is 1. The van der Waals surface area contributed by atoms with Crippen molar-refractivity contribution in [3.63, 3.8) is 0 Å². The van der Waals surface area contributed by atoms with Crippen LogP contribution in [-0.2, 0) is 6.54 Å². The molecule has 2 aliphatic heterocycles. The first kappa shape index (κ1) is 13.0. The van der Waals surface area contributed by atoms with Gasteiger partial charge in [0.05, 0.1) is 0 Å². The summed E-state index contributed by atoms with van der Waals surface area (Å²) in [7, 11) is 0. The van der Waals surface area contributed by atoms with Crippen LogP contribution < -0.4 is 10.2 Å². The maximum atomic E-state index is 6.41. The molecule has 3 heteroatoms. The van der Waals surface area contributed by atoms with Gasteiger partial charge in [0.2, 0.25) is 0 Å². The van der Waals surface area contributed by atoms with Crippen molar-refractivity contribution in [2.24, 2.45) is 5.92 Å². The highest BCUT2D eigenvalue weighted by Crippen LogP contribution is 2.47. The summed E-state index contributed by atoms with van der Waals surface area (Å²) >= 11 is 6.41. The largest absolute Gasteiger partial charge is 0.369 e. The summed E-state index contributed by atoms with van der Waals surface area (Å²) in [5.41, 5.74) is 4.48. The van der Waals surface area contributed by atoms with E-state index in [4.69, 9.17) is 11.6 Å². The minimum absolute atomic E-state index is 0.749. The molecular weight excluding hydrogens is 268 g/mol. The first-order chi connectivity index (χ1) is 9.83. The Morgan fingerprint density at radius 3 is 3.00 bits per heavy atom. The monoisotopic (exact) mass is 290 g/mol. The van der Waals surface area contributed by atoms with Gasteiger partial charge < -0.3 is 10.2 Å². The van der Waals surface area contributed by atoms with Gasteiger partial charge in [-0.25, -0.2) is 0 Å². The second-order valence-electron chi connectivity index (χ2n) is 6.63. The molecule has 0 saturated heterocycles. The van der Waals surface area contributed by atoms with E-state index in [0.717, 1.165) is 36.5 Å². The summed E-state index contributed by atoms with van der Waals surface area (Å²) in [4.78, 5) is 2.63. The van der Waals surface area contributed by atoms with Crippen molar-refractivity contribution >= 4 is 17.3 Å². The molecule has 1 fully saturated rings. The molecular formula is C17H23ClN2. The average molecular weight is 291 g/mol. The first-order valence-electron chi connectivity index (χ1n) is 8.11. The van der Waals surface area contributed by atoms with Crippen LogP contribution in [0.3, 0.4) is 0 Å². The summed E-state index contributed by atoms with van der Waals surface area (Å²) in [6, 6.07) is 4.43. The third-order valence-corrected chi connectivity index (χ3v) is 5.60. The van der Waals surface area contributed by atoms with Gasteiger partial charge >= 0.3 is 0 Å². The quantitative estimate of drug-likeness (QED) is 0.779. The maximum absolute atomic E-state index is 6.41. The normalized spacial score (nSPS) is 29.1. The number of nitrogens with zero attached hydrogens (tertiary/aromatic N) is 1. The van der Waals surface area contributed by atoms with Gasteiger partial charge in [0.1, 0.15) is 0 Å². The topological polar surface area (TPSA) is 15.3 Å². The minimum Gasteiger partial charge on any atom is -0.369 e. The van der Waals surface area contributed by atoms with Crippen molar-refractivity contribution in [3.05, 3.63) is 28.3 Å². The van der Waals surface area contributed by atoms with Crippen molar-refractivity contribution in [1.29, 1.82) is 0 Å². The van der Waals surface area contributed by atoms with Crippen LogP contribution in [0, 0.1) is 5.92 Å². The lowest BCUT2D eigenvalue weighted by atomic mass is 9.77. The van der Waals surface area contributed by atoms with Crippen LogP contribution >= 0.6 is 11.6 Å². The van der Waals surface area contributed by atoms with E-state index in [1.54, 1.807) is 5.56 Å². The smallest absolute Gasteiger partial charge is 0.0448 e. The minimum atomic E-state index is 0.749. The van der Waals surface area contributed by atoms with Crippen LogP contribution in [0.1, 0.15) is 49.1 Å². The number of fused-ring (bicyclic) bond motifs is 2. The summed E-state index contributed by atoms with van der Waals surface area (Å²) in [5.74, 6) is 1.59. The van der Waals surface area contributed by atoms with Crippen LogP contribution in [0.2, 0.25) is 5.02 Å². The lowest BCUT2D eigenvalue weighted by molar-refractivity contribution is 0.380. The van der Waals surface area contributed by atoms with Crippen molar-refractivity contribution in [2.45, 2.75) is 44.6 Å². The standard InChI is InChI=1S/C17H23ClN2/c18-14-8-13-10-19-6-7-20-11-12-4-2-1-3-5-15(12)16(9-14)17(13)20/h8-9,12,15,19H,1-7,10-11H2. The highest BCUT2D eigenvalue weighted by Gasteiger charge is 2.36. The Hall–Kier alpha value is -0.730. The lowest BCUT2D eigenvalue weighted by Crippen LogP contribution is -2.39. The van der Waals surface area contributed by atoms with Crippen molar-refractivity contribution in [2.75, 3.05) is 24.5 Å². The van der Waals surface area contributed by atoms with E-state index in [1.165, 1.54) is 49.9 Å². The second-order valence-corrected chi connectivity index (χ2v) is 7.07. The summed E-state index contributed by atoms with van der Waals surface area (Å²) < 4.78 is 0. The highest BCUT2D eigenvalue weighted by atomic mass is 35.5. The Kier molecular flexibility index (Phi) is 3.39. The van der Waals surface area contributed by atoms with Gasteiger partial charge in [0.15, 0.2) is 0 Å². The fraction of sp³-hybridized carbons (Fsp3) is 0.647. The number of halogens is 1. The molecule has 0 radical (unpaired) electrons. The summed E-state index contributed by atoms with van der Waals surface area (Å²) in [6.07, 6.45) is 6.97. The molecule has 0 aromatic heterocycles. The van der Waals surface area contributed by atoms with Gasteiger partial charge in [0, 0.05) is 36.9 Å². The van der Waals surface area contributed by atoms with Crippen molar-refractivity contribution in [1.82, 2.24) is 5.32 Å². The van der Waals surface area contributed by atoms with Crippen LogP contribution in [0.4, 0.5) is 5.69 Å². The summed E-state index contributed by atoms with van der Waals surface area (Å²) in [5, 5.41) is 4.47. The molecule has 1 N–H and O–H groups in total. The van der Waals surface area contributed by atoms with Gasteiger partial charge in [-0.05, 0) is 47.9 Å². The molecule has 2 unspecified atom stereocenters. The molecule has 4 rings (SSSR count). The summed E-state index contributed by atoms with van der Waals surface area (Å²) in [6.45, 7) is 4.46. The van der Waals surface area contributed by atoms with Crippen LogP contribution in [-0.4, -0.2) is 19.6 Å². The Morgan fingerprint density at radius 1 is 1.15 bits per heavy atom. The highest BCUT2D eigenvalue weighted by molar-refractivity contribution is 6.30. The molecule has 108 valence electrons. The molecule has 2 nitrogen and oxygen atoms in total. The van der Waals surface area contributed by atoms with Crippen molar-refractivity contribution < 1.29 is 0 Å². The SMILES string of the molecule is Clc1cc2c3c(c1)C1CCCCCC1CN3CCNC2. The average Bonchev–Trinajstić information content (AvgIpc) is 2.78. The van der Waals surface area contributed by atoms with Gasteiger partial charge in [-0.15, -0.1) is 0 Å². The molecule has 2 heterocycles. The lowest BCUT2D eigenvalue weighted by Gasteiger charge is -2.41. The predicted octanol–water partition coefficient (Wildman–Crippen LogP) is 3.93. The molecule has 0 spiro atoms. The Labute approximate surface area is 126 Å². The van der Waals surface area contributed by atoms with Crippen molar-refractivity contribution in [3.8, 4) is 0 Å². The molecule has 1 saturated carbocycles. The van der Waals surface area contributed by atoms with E-state index in [2.05, 4.69) is 22.3 Å². The maximum Gasteiger partial charge on any atom is 0.0448 e. The van der Waals surface area contributed by atoms with Gasteiger partial charge in [-0.3, -0.25) is 0 Å². The van der Waals surface area contributed by atoms with Crippen LogP contribution in [0.15, 0.2) is 12.1 Å². The third-order valence-electron chi connectivity index (χ3n) is 5.39. The Balaban J connectivity index is 1.84. The zero-order chi connectivity index (χ0) is 13.5. The number of nitrogens with one attached hydrogen (secondary N) is 1. The van der Waals surface area contributed by atoms with Crippen LogP contribution in [0.25, 0.3) is 0 Å². The number of hydrogen-bond acceptors (Lipinski definition) is 2. The Bertz CT molecular complexity index is 514. The molecule has 1 aromatic carbocycles. The molecule has 2 atom stereocenters. The van der Waals surface area contributed by atoms with Crippen LogP contribution in [0.5, 0.6) is 0 Å². The van der Waals surface area contributed by atoms with E-state index in [9.17, 15) is 0 Å². The van der Waals surface area contributed by atoms with Gasteiger partial charge in [-0.1, -0.05) is 30.9 Å². The van der Waals surface area contributed by atoms with E-state index < -0.39 is 0 Å². The molecule has 20 heavy (non-hydrogen) atoms. The fourth-order valence-electron chi connectivity index (χ4n) is 4.51. The van der Waals surface area contributed by atoms with E-state index in [0.29, 0.717) is 0 Å². The zero-order valence-electron chi connectivity index (χ0n) is 12.0. The predicted molar refractivity (Wildman–Crippen MR) is 84.7 cm³/mol. The molecule has 1 aromatic rings. The molecule has 3 aliphatic rings. The number of rotatable bonds is 0. The number of benzene rings is 1. The third kappa shape index (κ3) is 2.14. The molecule has 0 amide bonds. The zero-order valence-corrected chi connectivity index (χ0v) is 12.8.